The topological polar surface area (TPSA) is 9.23 Å². The van der Waals surface area contributed by atoms with Crippen LogP contribution in [0, 0.1) is 6.92 Å². The van der Waals surface area contributed by atoms with Crippen molar-refractivity contribution in [3.8, 4) is 5.75 Å². The zero-order valence-corrected chi connectivity index (χ0v) is 13.9. The molecular formula is C12H15BF3KO. The summed E-state index contributed by atoms with van der Waals surface area (Å²) in [6, 6.07) is 4.04. The molecule has 1 aromatic rings. The average Bonchev–Trinajstić information content (AvgIpc) is 2.68. The van der Waals surface area contributed by atoms with Gasteiger partial charge in [-0.05, 0) is 44.7 Å². The van der Waals surface area contributed by atoms with Crippen molar-refractivity contribution < 1.29 is 69.1 Å². The fourth-order valence-electron chi connectivity index (χ4n) is 2.29. The van der Waals surface area contributed by atoms with Crippen LogP contribution in [-0.4, -0.2) is 13.1 Å². The summed E-state index contributed by atoms with van der Waals surface area (Å²) in [7, 11) is 0. The molecular weight excluding hydrogens is 267 g/mol. The molecule has 94 valence electrons. The fraction of sp³-hybridized carbons (Fsp3) is 0.500. The molecule has 0 unspecified atom stereocenters. The Bertz CT molecular complexity index is 403. The molecule has 0 spiro atoms. The summed E-state index contributed by atoms with van der Waals surface area (Å²) in [4.78, 5) is 0. The zero-order chi connectivity index (χ0) is 12.5. The van der Waals surface area contributed by atoms with Crippen LogP contribution in [0.4, 0.5) is 12.9 Å². The number of hydrogen-bond acceptors (Lipinski definition) is 1. The second-order valence-electron chi connectivity index (χ2n) is 4.62. The van der Waals surface area contributed by atoms with E-state index in [2.05, 4.69) is 0 Å². The smallest absolute Gasteiger partial charge is 0.490 e. The third-order valence-electron chi connectivity index (χ3n) is 3.20. The van der Waals surface area contributed by atoms with Crippen LogP contribution in [0.1, 0.15) is 31.2 Å². The molecule has 2 rings (SSSR count). The van der Waals surface area contributed by atoms with E-state index < -0.39 is 12.4 Å². The van der Waals surface area contributed by atoms with Gasteiger partial charge in [0.25, 0.3) is 0 Å². The first-order chi connectivity index (χ1) is 7.97. The van der Waals surface area contributed by atoms with Gasteiger partial charge in [0.2, 0.25) is 0 Å². The fourth-order valence-corrected chi connectivity index (χ4v) is 2.29. The van der Waals surface area contributed by atoms with E-state index in [0.717, 1.165) is 31.7 Å². The Morgan fingerprint density at radius 2 is 1.78 bits per heavy atom. The molecule has 0 aliphatic heterocycles. The summed E-state index contributed by atoms with van der Waals surface area (Å²) in [5.74, 6) is 0.554. The van der Waals surface area contributed by atoms with Crippen molar-refractivity contribution in [1.82, 2.24) is 0 Å². The Balaban J connectivity index is 0.00000162. The van der Waals surface area contributed by atoms with Gasteiger partial charge in [-0.1, -0.05) is 11.6 Å². The molecule has 1 aliphatic rings. The maximum absolute atomic E-state index is 12.6. The third-order valence-corrected chi connectivity index (χ3v) is 3.20. The van der Waals surface area contributed by atoms with Gasteiger partial charge in [0, 0.05) is 0 Å². The van der Waals surface area contributed by atoms with Crippen molar-refractivity contribution >= 4 is 12.4 Å². The van der Waals surface area contributed by atoms with Gasteiger partial charge in [-0.25, -0.2) is 0 Å². The molecule has 0 atom stereocenters. The van der Waals surface area contributed by atoms with Crippen molar-refractivity contribution in [2.45, 2.75) is 38.7 Å². The Kier molecular flexibility index (Phi) is 6.25. The Morgan fingerprint density at radius 3 is 2.28 bits per heavy atom. The van der Waals surface area contributed by atoms with Crippen molar-refractivity contribution in [3.63, 3.8) is 0 Å². The first-order valence-corrected chi connectivity index (χ1v) is 5.94. The summed E-state index contributed by atoms with van der Waals surface area (Å²) >= 11 is 0. The largest absolute Gasteiger partial charge is 1.00 e. The minimum Gasteiger partial charge on any atom is -0.490 e. The van der Waals surface area contributed by atoms with Crippen LogP contribution >= 0.6 is 0 Å². The first kappa shape index (κ1) is 16.6. The average molecular weight is 282 g/mol. The molecule has 0 amide bonds. The molecule has 18 heavy (non-hydrogen) atoms. The minimum atomic E-state index is -4.92. The van der Waals surface area contributed by atoms with Crippen LogP contribution in [0.2, 0.25) is 0 Å². The predicted octanol–water partition coefficient (Wildman–Crippen LogP) is 0.375. The molecule has 0 N–H and O–H groups in total. The number of aryl methyl sites for hydroxylation is 1. The van der Waals surface area contributed by atoms with Crippen molar-refractivity contribution in [2.75, 3.05) is 0 Å². The maximum atomic E-state index is 12.6. The second-order valence-corrected chi connectivity index (χ2v) is 4.62. The van der Waals surface area contributed by atoms with Gasteiger partial charge < -0.3 is 17.7 Å². The van der Waals surface area contributed by atoms with Crippen molar-refractivity contribution in [1.29, 1.82) is 0 Å². The predicted molar refractivity (Wildman–Crippen MR) is 62.8 cm³/mol. The molecule has 1 fully saturated rings. The van der Waals surface area contributed by atoms with Gasteiger partial charge in [0.05, 0.1) is 6.10 Å². The van der Waals surface area contributed by atoms with Crippen LogP contribution < -0.4 is 61.6 Å². The summed E-state index contributed by atoms with van der Waals surface area (Å²) in [5.41, 5.74) is -0.281. The quantitative estimate of drug-likeness (QED) is 0.728. The van der Waals surface area contributed by atoms with Gasteiger partial charge in [0.15, 0.2) is 0 Å². The first-order valence-electron chi connectivity index (χ1n) is 5.94. The number of halogens is 3. The molecule has 0 saturated heterocycles. The molecule has 1 nitrogen and oxygen atoms in total. The minimum absolute atomic E-state index is 0. The second kappa shape index (κ2) is 6.79. The molecule has 6 heteroatoms. The Morgan fingerprint density at radius 1 is 1.17 bits per heavy atom. The van der Waals surface area contributed by atoms with Crippen LogP contribution in [-0.2, 0) is 0 Å². The molecule has 1 aliphatic carbocycles. The van der Waals surface area contributed by atoms with E-state index in [1.54, 1.807) is 0 Å². The molecule has 0 heterocycles. The van der Waals surface area contributed by atoms with Gasteiger partial charge in [-0.15, -0.1) is 5.46 Å². The molecule has 0 aromatic heterocycles. The van der Waals surface area contributed by atoms with E-state index in [1.807, 2.05) is 0 Å². The number of benzene rings is 1. The number of rotatable bonds is 3. The Labute approximate surface area is 148 Å². The molecule has 0 radical (unpaired) electrons. The maximum Gasteiger partial charge on any atom is 1.00 e. The normalized spacial score (nSPS) is 16.4. The Hall–Kier alpha value is 0.511. The third kappa shape index (κ3) is 4.27. The van der Waals surface area contributed by atoms with Crippen LogP contribution in [0.5, 0.6) is 5.75 Å². The molecule has 0 bridgehead atoms. The number of ether oxygens (including phenoxy) is 1. The van der Waals surface area contributed by atoms with Gasteiger partial charge >= 0.3 is 58.4 Å². The van der Waals surface area contributed by atoms with Crippen LogP contribution in [0.25, 0.3) is 0 Å². The van der Waals surface area contributed by atoms with Crippen molar-refractivity contribution in [3.05, 3.63) is 23.8 Å². The summed E-state index contributed by atoms with van der Waals surface area (Å²) in [6.07, 6.45) is 4.48. The van der Waals surface area contributed by atoms with E-state index in [9.17, 15) is 12.9 Å². The molecule has 1 aromatic carbocycles. The summed E-state index contributed by atoms with van der Waals surface area (Å²) in [6.45, 7) is -3.44. The SMILES string of the molecule is Cc1cc(OC2CCCC2)ccc1[B-](F)(F)F.[K+]. The van der Waals surface area contributed by atoms with Gasteiger partial charge in [-0.2, -0.15) is 0 Å². The van der Waals surface area contributed by atoms with E-state index in [1.165, 1.54) is 19.1 Å². The van der Waals surface area contributed by atoms with E-state index >= 15 is 0 Å². The summed E-state index contributed by atoms with van der Waals surface area (Å²) < 4.78 is 43.5. The standard InChI is InChI=1S/C12H15BF3O.K/c1-9-8-11(17-10-4-2-3-5-10)6-7-12(9)13(14,15)16;/h6-8,10H,2-5H2,1H3;/q-1;+1. The van der Waals surface area contributed by atoms with Crippen LogP contribution in [0.3, 0.4) is 0 Å². The summed E-state index contributed by atoms with van der Waals surface area (Å²) in [5, 5.41) is 0. The van der Waals surface area contributed by atoms with E-state index in [0.29, 0.717) is 5.75 Å². The van der Waals surface area contributed by atoms with Gasteiger partial charge in [-0.3, -0.25) is 0 Å². The van der Waals surface area contributed by atoms with E-state index in [-0.39, 0.29) is 63.1 Å². The zero-order valence-electron chi connectivity index (χ0n) is 10.8. The van der Waals surface area contributed by atoms with Crippen LogP contribution in [0.15, 0.2) is 18.2 Å². The number of hydrogen-bond donors (Lipinski definition) is 0. The van der Waals surface area contributed by atoms with Gasteiger partial charge in [0.1, 0.15) is 5.75 Å². The molecule has 1 saturated carbocycles. The van der Waals surface area contributed by atoms with E-state index in [4.69, 9.17) is 4.74 Å². The monoisotopic (exact) mass is 282 g/mol. The van der Waals surface area contributed by atoms with Crippen molar-refractivity contribution in [2.24, 2.45) is 0 Å².